The molecule has 1 aliphatic rings. The summed E-state index contributed by atoms with van der Waals surface area (Å²) in [4.78, 5) is 12.6. The molecule has 0 radical (unpaired) electrons. The van der Waals surface area contributed by atoms with Crippen LogP contribution in [-0.2, 0) is 4.79 Å². The molecule has 1 amide bonds. The second kappa shape index (κ2) is 8.39. The molecule has 3 nitrogen and oxygen atoms in total. The van der Waals surface area contributed by atoms with Gasteiger partial charge in [0, 0.05) is 29.0 Å². The van der Waals surface area contributed by atoms with Crippen LogP contribution in [0.3, 0.4) is 0 Å². The van der Waals surface area contributed by atoms with Crippen LogP contribution in [0.15, 0.2) is 48.5 Å². The number of halogens is 1. The maximum Gasteiger partial charge on any atom is 0.221 e. The van der Waals surface area contributed by atoms with E-state index in [1.165, 1.54) is 19.3 Å². The van der Waals surface area contributed by atoms with Gasteiger partial charge >= 0.3 is 0 Å². The molecule has 0 aromatic heterocycles. The largest absolute Gasteiger partial charge is 0.508 e. The highest BCUT2D eigenvalue weighted by atomic mass is 35.5. The van der Waals surface area contributed by atoms with Crippen LogP contribution in [0.1, 0.15) is 55.6 Å². The molecule has 1 atom stereocenters. The summed E-state index contributed by atoms with van der Waals surface area (Å²) in [6.07, 6.45) is 6.04. The number of rotatable bonds is 5. The fourth-order valence-electron chi connectivity index (χ4n) is 3.62. The molecule has 0 bridgehead atoms. The lowest BCUT2D eigenvalue weighted by Crippen LogP contribution is -2.36. The Kier molecular flexibility index (Phi) is 5.98. The van der Waals surface area contributed by atoms with Gasteiger partial charge in [-0.2, -0.15) is 0 Å². The van der Waals surface area contributed by atoms with Crippen molar-refractivity contribution in [1.29, 1.82) is 0 Å². The molecule has 3 rings (SSSR count). The van der Waals surface area contributed by atoms with E-state index in [9.17, 15) is 9.90 Å². The average molecular weight is 358 g/mol. The van der Waals surface area contributed by atoms with Crippen molar-refractivity contribution in [2.45, 2.75) is 50.5 Å². The number of nitrogens with one attached hydrogen (secondary N) is 1. The van der Waals surface area contributed by atoms with Crippen molar-refractivity contribution in [3.8, 4) is 5.75 Å². The van der Waals surface area contributed by atoms with Gasteiger partial charge < -0.3 is 10.4 Å². The molecule has 1 fully saturated rings. The highest BCUT2D eigenvalue weighted by molar-refractivity contribution is 6.30. The lowest BCUT2D eigenvalue weighted by atomic mass is 9.87. The predicted octanol–water partition coefficient (Wildman–Crippen LogP) is 5.02. The van der Waals surface area contributed by atoms with Gasteiger partial charge in [0.2, 0.25) is 5.91 Å². The van der Waals surface area contributed by atoms with E-state index >= 15 is 0 Å². The molecule has 2 N–H and O–H groups in total. The van der Waals surface area contributed by atoms with Crippen LogP contribution in [0.4, 0.5) is 0 Å². The first-order valence-electron chi connectivity index (χ1n) is 8.96. The standard InChI is InChI=1S/C21H24ClNO2/c22-16-11-12-20(24)19(13-16)18(15-7-3-1-4-8-15)14-21(25)23-17-9-5-2-6-10-17/h1,3-4,7-8,11-13,17-18,24H,2,5-6,9-10,14H2,(H,23,25)/t18-/m1/s1. The summed E-state index contributed by atoms with van der Waals surface area (Å²) in [7, 11) is 0. The Bertz CT molecular complexity index is 711. The van der Waals surface area contributed by atoms with Gasteiger partial charge in [-0.25, -0.2) is 0 Å². The molecule has 0 unspecified atom stereocenters. The number of phenols is 1. The molecule has 0 spiro atoms. The molecule has 2 aromatic carbocycles. The second-order valence-electron chi connectivity index (χ2n) is 6.77. The SMILES string of the molecule is O=C(C[C@H](c1ccccc1)c1cc(Cl)ccc1O)NC1CCCCC1. The van der Waals surface area contributed by atoms with Gasteiger partial charge in [0.1, 0.15) is 5.75 Å². The van der Waals surface area contributed by atoms with Crippen molar-refractivity contribution in [1.82, 2.24) is 5.32 Å². The smallest absolute Gasteiger partial charge is 0.221 e. The Morgan fingerprint density at radius 1 is 1.12 bits per heavy atom. The lowest BCUT2D eigenvalue weighted by Gasteiger charge is -2.25. The molecule has 25 heavy (non-hydrogen) atoms. The van der Waals surface area contributed by atoms with Crippen LogP contribution in [0.5, 0.6) is 5.75 Å². The quantitative estimate of drug-likeness (QED) is 0.789. The van der Waals surface area contributed by atoms with Crippen molar-refractivity contribution in [3.05, 3.63) is 64.7 Å². The van der Waals surface area contributed by atoms with Crippen LogP contribution in [0, 0.1) is 0 Å². The van der Waals surface area contributed by atoms with Crippen LogP contribution in [0.25, 0.3) is 0 Å². The average Bonchev–Trinajstić information content (AvgIpc) is 2.63. The summed E-state index contributed by atoms with van der Waals surface area (Å²) < 4.78 is 0. The molecule has 1 aliphatic carbocycles. The fraction of sp³-hybridized carbons (Fsp3) is 0.381. The van der Waals surface area contributed by atoms with E-state index in [1.807, 2.05) is 30.3 Å². The molecule has 2 aromatic rings. The zero-order valence-electron chi connectivity index (χ0n) is 14.2. The van der Waals surface area contributed by atoms with Crippen molar-refractivity contribution in [2.24, 2.45) is 0 Å². The van der Waals surface area contributed by atoms with Crippen LogP contribution < -0.4 is 5.32 Å². The van der Waals surface area contributed by atoms with Crippen molar-refractivity contribution in [3.63, 3.8) is 0 Å². The number of phenolic OH excluding ortho intramolecular Hbond substituents is 1. The first kappa shape index (κ1) is 17.8. The van der Waals surface area contributed by atoms with E-state index in [-0.39, 0.29) is 23.6 Å². The molecule has 0 heterocycles. The van der Waals surface area contributed by atoms with Gasteiger partial charge in [-0.1, -0.05) is 61.2 Å². The Hall–Kier alpha value is -2.00. The van der Waals surface area contributed by atoms with E-state index in [0.29, 0.717) is 17.0 Å². The third-order valence-electron chi connectivity index (χ3n) is 4.93. The van der Waals surface area contributed by atoms with Gasteiger partial charge in [0.15, 0.2) is 0 Å². The summed E-state index contributed by atoms with van der Waals surface area (Å²) in [5.74, 6) is -0.0210. The van der Waals surface area contributed by atoms with Crippen molar-refractivity contribution in [2.75, 3.05) is 0 Å². The Labute approximate surface area is 154 Å². The summed E-state index contributed by atoms with van der Waals surface area (Å²) in [5.41, 5.74) is 1.69. The number of aromatic hydroxyl groups is 1. The normalized spacial score (nSPS) is 16.4. The highest BCUT2D eigenvalue weighted by Gasteiger charge is 2.23. The highest BCUT2D eigenvalue weighted by Crippen LogP contribution is 2.35. The number of amides is 1. The first-order chi connectivity index (χ1) is 12.1. The minimum Gasteiger partial charge on any atom is -0.508 e. The summed E-state index contributed by atoms with van der Waals surface area (Å²) in [6, 6.07) is 15.1. The van der Waals surface area contributed by atoms with Gasteiger partial charge in [-0.3, -0.25) is 4.79 Å². The maximum absolute atomic E-state index is 12.6. The maximum atomic E-state index is 12.6. The lowest BCUT2D eigenvalue weighted by molar-refractivity contribution is -0.122. The van der Waals surface area contributed by atoms with Crippen LogP contribution >= 0.6 is 11.6 Å². The molecule has 0 aliphatic heterocycles. The van der Waals surface area contributed by atoms with E-state index in [0.717, 1.165) is 18.4 Å². The molecular formula is C21H24ClNO2. The summed E-state index contributed by atoms with van der Waals surface area (Å²) in [5, 5.41) is 14.0. The summed E-state index contributed by atoms with van der Waals surface area (Å²) >= 11 is 6.13. The minimum atomic E-state index is -0.219. The molecule has 132 valence electrons. The third-order valence-corrected chi connectivity index (χ3v) is 5.16. The van der Waals surface area contributed by atoms with Crippen LogP contribution in [-0.4, -0.2) is 17.1 Å². The number of hydrogen-bond acceptors (Lipinski definition) is 2. The Balaban J connectivity index is 1.81. The topological polar surface area (TPSA) is 49.3 Å². The predicted molar refractivity (Wildman–Crippen MR) is 101 cm³/mol. The van der Waals surface area contributed by atoms with Gasteiger partial charge in [0.05, 0.1) is 0 Å². The van der Waals surface area contributed by atoms with E-state index in [4.69, 9.17) is 11.6 Å². The molecule has 0 saturated heterocycles. The van der Waals surface area contributed by atoms with Crippen molar-refractivity contribution < 1.29 is 9.90 Å². The van der Waals surface area contributed by atoms with Crippen LogP contribution in [0.2, 0.25) is 5.02 Å². The zero-order chi connectivity index (χ0) is 17.6. The van der Waals surface area contributed by atoms with E-state index in [2.05, 4.69) is 5.32 Å². The third kappa shape index (κ3) is 4.76. The number of carbonyl (C=O) groups is 1. The van der Waals surface area contributed by atoms with Gasteiger partial charge in [0.25, 0.3) is 0 Å². The van der Waals surface area contributed by atoms with Gasteiger partial charge in [-0.15, -0.1) is 0 Å². The molecule has 1 saturated carbocycles. The number of hydrogen-bond donors (Lipinski definition) is 2. The van der Waals surface area contributed by atoms with E-state index < -0.39 is 0 Å². The number of carbonyl (C=O) groups excluding carboxylic acids is 1. The number of benzene rings is 2. The monoisotopic (exact) mass is 357 g/mol. The minimum absolute atomic E-state index is 0.0279. The fourth-order valence-corrected chi connectivity index (χ4v) is 3.80. The van der Waals surface area contributed by atoms with Crippen molar-refractivity contribution >= 4 is 17.5 Å². The van der Waals surface area contributed by atoms with Gasteiger partial charge in [-0.05, 0) is 36.6 Å². The zero-order valence-corrected chi connectivity index (χ0v) is 15.0. The Morgan fingerprint density at radius 2 is 1.84 bits per heavy atom. The molecule has 4 heteroatoms. The van der Waals surface area contributed by atoms with E-state index in [1.54, 1.807) is 18.2 Å². The first-order valence-corrected chi connectivity index (χ1v) is 9.34. The molecular weight excluding hydrogens is 334 g/mol. The summed E-state index contributed by atoms with van der Waals surface area (Å²) in [6.45, 7) is 0. The Morgan fingerprint density at radius 3 is 2.56 bits per heavy atom. The second-order valence-corrected chi connectivity index (χ2v) is 7.21.